The lowest BCUT2D eigenvalue weighted by atomic mass is 10.3. The van der Waals surface area contributed by atoms with Gasteiger partial charge in [-0.15, -0.1) is 0 Å². The van der Waals surface area contributed by atoms with Gasteiger partial charge in [-0.05, 0) is 7.05 Å². The number of aliphatic carboxylic acids is 1. The summed E-state index contributed by atoms with van der Waals surface area (Å²) in [4.78, 5) is 25.1. The van der Waals surface area contributed by atoms with Crippen LogP contribution >= 0.6 is 0 Å². The van der Waals surface area contributed by atoms with Gasteiger partial charge in [0.25, 0.3) is 0 Å². The molecule has 1 atom stereocenters. The second kappa shape index (κ2) is 6.41. The first-order chi connectivity index (χ1) is 7.99. The number of carboxylic acids is 1. The van der Waals surface area contributed by atoms with Gasteiger partial charge in [-0.25, -0.2) is 4.79 Å². The quantitative estimate of drug-likeness (QED) is 0.667. The highest BCUT2D eigenvalue weighted by molar-refractivity contribution is 5.79. The van der Waals surface area contributed by atoms with E-state index >= 15 is 0 Å². The molecule has 1 saturated heterocycles. The molecule has 2 amide bonds. The number of carbonyl (C=O) groups is 2. The molecule has 0 spiro atoms. The molecule has 7 nitrogen and oxygen atoms in total. The molecule has 1 fully saturated rings. The average molecular weight is 245 g/mol. The monoisotopic (exact) mass is 245 g/mol. The summed E-state index contributed by atoms with van der Waals surface area (Å²) < 4.78 is 5.47. The largest absolute Gasteiger partial charge is 0.480 e. The van der Waals surface area contributed by atoms with E-state index in [-0.39, 0.29) is 12.6 Å². The smallest absolute Gasteiger partial charge is 0.323 e. The van der Waals surface area contributed by atoms with Gasteiger partial charge >= 0.3 is 12.0 Å². The fraction of sp³-hybridized carbons (Fsp3) is 0.800. The van der Waals surface area contributed by atoms with Crippen LogP contribution in [0, 0.1) is 0 Å². The van der Waals surface area contributed by atoms with E-state index in [4.69, 9.17) is 9.84 Å². The van der Waals surface area contributed by atoms with Gasteiger partial charge in [0.05, 0.1) is 12.7 Å². The van der Waals surface area contributed by atoms with Gasteiger partial charge in [-0.1, -0.05) is 0 Å². The fourth-order valence-corrected chi connectivity index (χ4v) is 1.60. The Hall–Kier alpha value is -1.34. The zero-order valence-electron chi connectivity index (χ0n) is 10.2. The van der Waals surface area contributed by atoms with Crippen molar-refractivity contribution in [1.29, 1.82) is 0 Å². The Labute approximate surface area is 100 Å². The maximum absolute atomic E-state index is 11.5. The molecule has 0 aromatic rings. The maximum atomic E-state index is 11.5. The van der Waals surface area contributed by atoms with Crippen LogP contribution < -0.4 is 5.32 Å². The summed E-state index contributed by atoms with van der Waals surface area (Å²) in [5.41, 5.74) is 0. The molecule has 0 aromatic heterocycles. The molecular formula is C10H19N3O4. The Balaban J connectivity index is 2.25. The second-order valence-electron chi connectivity index (χ2n) is 4.19. The minimum Gasteiger partial charge on any atom is -0.480 e. The van der Waals surface area contributed by atoms with Crippen LogP contribution in [0.4, 0.5) is 4.79 Å². The second-order valence-corrected chi connectivity index (χ2v) is 4.19. The van der Waals surface area contributed by atoms with Gasteiger partial charge in [-0.2, -0.15) is 0 Å². The van der Waals surface area contributed by atoms with Crippen LogP contribution in [0.25, 0.3) is 0 Å². The number of urea groups is 1. The summed E-state index contributed by atoms with van der Waals surface area (Å²) >= 11 is 0. The Kier molecular flexibility index (Phi) is 5.17. The number of nitrogens with zero attached hydrogens (tertiary/aromatic N) is 2. The Morgan fingerprint density at radius 3 is 2.88 bits per heavy atom. The third kappa shape index (κ3) is 5.01. The van der Waals surface area contributed by atoms with Gasteiger partial charge in [0, 0.05) is 26.7 Å². The van der Waals surface area contributed by atoms with Gasteiger partial charge in [-0.3, -0.25) is 4.79 Å². The molecule has 1 aliphatic rings. The number of nitrogens with one attached hydrogen (secondary N) is 1. The molecule has 0 aliphatic carbocycles. The standard InChI is InChI=1S/C10H19N3O4/c1-12-3-4-17-8(6-12)5-11-10(16)13(2)7-9(14)15/h8H,3-7H2,1-2H3,(H,11,16)(H,14,15). The normalized spacial score (nSPS) is 20.9. The molecule has 1 rings (SSSR count). The Morgan fingerprint density at radius 2 is 2.29 bits per heavy atom. The van der Waals surface area contributed by atoms with Crippen molar-refractivity contribution in [2.24, 2.45) is 0 Å². The van der Waals surface area contributed by atoms with Gasteiger partial charge in [0.2, 0.25) is 0 Å². The highest BCUT2D eigenvalue weighted by atomic mass is 16.5. The Bertz CT molecular complexity index is 285. The summed E-state index contributed by atoms with van der Waals surface area (Å²) in [6.07, 6.45) is -0.0315. The van der Waals surface area contributed by atoms with E-state index in [1.54, 1.807) is 0 Å². The fourth-order valence-electron chi connectivity index (χ4n) is 1.60. The van der Waals surface area contributed by atoms with E-state index in [1.807, 2.05) is 7.05 Å². The average Bonchev–Trinajstić information content (AvgIpc) is 2.25. The van der Waals surface area contributed by atoms with Crippen molar-refractivity contribution in [2.45, 2.75) is 6.10 Å². The van der Waals surface area contributed by atoms with Crippen molar-refractivity contribution < 1.29 is 19.4 Å². The molecule has 0 saturated carbocycles. The topological polar surface area (TPSA) is 82.1 Å². The predicted octanol–water partition coefficient (Wildman–Crippen LogP) is -0.957. The van der Waals surface area contributed by atoms with E-state index in [1.165, 1.54) is 7.05 Å². The molecule has 1 unspecified atom stereocenters. The third-order valence-electron chi connectivity index (χ3n) is 2.54. The Morgan fingerprint density at radius 1 is 1.59 bits per heavy atom. The van der Waals surface area contributed by atoms with Crippen molar-refractivity contribution >= 4 is 12.0 Å². The van der Waals surface area contributed by atoms with E-state index in [0.29, 0.717) is 13.2 Å². The molecule has 7 heteroatoms. The van der Waals surface area contributed by atoms with E-state index in [9.17, 15) is 9.59 Å². The van der Waals surface area contributed by atoms with Crippen LogP contribution in [0.2, 0.25) is 0 Å². The molecule has 0 radical (unpaired) electrons. The van der Waals surface area contributed by atoms with Crippen molar-refractivity contribution in [2.75, 3.05) is 46.9 Å². The van der Waals surface area contributed by atoms with Crippen LogP contribution in [0.15, 0.2) is 0 Å². The van der Waals surface area contributed by atoms with Crippen LogP contribution in [0.1, 0.15) is 0 Å². The minimum absolute atomic E-state index is 0.0315. The van der Waals surface area contributed by atoms with Crippen molar-refractivity contribution in [3.8, 4) is 0 Å². The summed E-state index contributed by atoms with van der Waals surface area (Å²) in [6, 6.07) is -0.399. The number of morpholine rings is 1. The number of ether oxygens (including phenoxy) is 1. The zero-order chi connectivity index (χ0) is 12.8. The summed E-state index contributed by atoms with van der Waals surface area (Å²) in [7, 11) is 3.44. The van der Waals surface area contributed by atoms with Gasteiger partial charge < -0.3 is 25.0 Å². The number of hydrogen-bond donors (Lipinski definition) is 2. The number of amides is 2. The highest BCUT2D eigenvalue weighted by Crippen LogP contribution is 2.01. The van der Waals surface area contributed by atoms with E-state index < -0.39 is 12.0 Å². The third-order valence-corrected chi connectivity index (χ3v) is 2.54. The van der Waals surface area contributed by atoms with Gasteiger partial charge in [0.15, 0.2) is 0 Å². The summed E-state index contributed by atoms with van der Waals surface area (Å²) in [5, 5.41) is 11.2. The maximum Gasteiger partial charge on any atom is 0.323 e. The molecule has 17 heavy (non-hydrogen) atoms. The molecular weight excluding hydrogens is 226 g/mol. The minimum atomic E-state index is -1.03. The first-order valence-electron chi connectivity index (χ1n) is 5.50. The number of carboxylic acid groups (broad SMARTS) is 1. The summed E-state index contributed by atoms with van der Waals surface area (Å²) in [6.45, 7) is 2.40. The molecule has 2 N–H and O–H groups in total. The lowest BCUT2D eigenvalue weighted by Crippen LogP contribution is -2.48. The van der Waals surface area contributed by atoms with E-state index in [0.717, 1.165) is 18.0 Å². The van der Waals surface area contributed by atoms with Crippen LogP contribution in [0.5, 0.6) is 0 Å². The number of likely N-dealkylation sites (N-methyl/N-ethyl adjacent to an activating group) is 2. The first-order valence-corrected chi connectivity index (χ1v) is 5.50. The molecule has 1 heterocycles. The van der Waals surface area contributed by atoms with Crippen LogP contribution in [-0.2, 0) is 9.53 Å². The predicted molar refractivity (Wildman–Crippen MR) is 60.9 cm³/mol. The molecule has 1 aliphatic heterocycles. The number of carbonyl (C=O) groups excluding carboxylic acids is 1. The van der Waals surface area contributed by atoms with Crippen LogP contribution in [-0.4, -0.2) is 79.9 Å². The van der Waals surface area contributed by atoms with Crippen LogP contribution in [0.3, 0.4) is 0 Å². The van der Waals surface area contributed by atoms with Crippen molar-refractivity contribution in [3.05, 3.63) is 0 Å². The highest BCUT2D eigenvalue weighted by Gasteiger charge is 2.19. The van der Waals surface area contributed by atoms with Crippen molar-refractivity contribution in [1.82, 2.24) is 15.1 Å². The SMILES string of the molecule is CN1CCOC(CNC(=O)N(C)CC(=O)O)C1. The lowest BCUT2D eigenvalue weighted by Gasteiger charge is -2.30. The summed E-state index contributed by atoms with van der Waals surface area (Å²) in [5.74, 6) is -1.03. The zero-order valence-corrected chi connectivity index (χ0v) is 10.2. The van der Waals surface area contributed by atoms with Gasteiger partial charge in [0.1, 0.15) is 6.54 Å². The number of rotatable bonds is 4. The molecule has 0 bridgehead atoms. The number of hydrogen-bond acceptors (Lipinski definition) is 4. The lowest BCUT2D eigenvalue weighted by molar-refractivity contribution is -0.137. The van der Waals surface area contributed by atoms with Crippen molar-refractivity contribution in [3.63, 3.8) is 0 Å². The molecule has 0 aromatic carbocycles. The molecule has 98 valence electrons. The van der Waals surface area contributed by atoms with E-state index in [2.05, 4.69) is 10.2 Å². The first kappa shape index (κ1) is 13.7.